The van der Waals surface area contributed by atoms with Gasteiger partial charge in [-0.2, -0.15) is 0 Å². The molecule has 6 heteroatoms. The molecule has 0 saturated heterocycles. The number of hydrogen-bond donors (Lipinski definition) is 1. The molecule has 1 atom stereocenters. The topological polar surface area (TPSA) is 85.3 Å². The summed E-state index contributed by atoms with van der Waals surface area (Å²) in [6.45, 7) is 1.86. The maximum Gasteiger partial charge on any atom is 0.327 e. The smallest absolute Gasteiger partial charge is 0.327 e. The molecule has 4 rings (SSSR count). The Balaban J connectivity index is 1.38. The number of aryl methyl sites for hydroxylation is 2. The van der Waals surface area contributed by atoms with Crippen molar-refractivity contribution in [2.75, 3.05) is 0 Å². The summed E-state index contributed by atoms with van der Waals surface area (Å²) < 4.78 is 7.44. The minimum Gasteiger partial charge on any atom is -0.480 e. The lowest BCUT2D eigenvalue weighted by Gasteiger charge is -2.14. The van der Waals surface area contributed by atoms with Crippen LogP contribution in [-0.2, 0) is 17.6 Å². The zero-order chi connectivity index (χ0) is 22.5. The minimum atomic E-state index is -0.890. The molecule has 4 aromatic rings. The summed E-state index contributed by atoms with van der Waals surface area (Å²) in [5, 5.41) is 9.54. The van der Waals surface area contributed by atoms with Crippen molar-refractivity contribution in [3.63, 3.8) is 0 Å². The van der Waals surface area contributed by atoms with Gasteiger partial charge in [0.15, 0.2) is 5.78 Å². The lowest BCUT2D eigenvalue weighted by Crippen LogP contribution is -2.20. The first-order valence-electron chi connectivity index (χ1n) is 10.5. The van der Waals surface area contributed by atoms with Crippen LogP contribution in [0.2, 0.25) is 0 Å². The van der Waals surface area contributed by atoms with Crippen LogP contribution in [0.4, 0.5) is 0 Å². The highest BCUT2D eigenvalue weighted by molar-refractivity contribution is 5.96. The number of benzene rings is 2. The SMILES string of the molecule is Cc1oc(-c2ccccc2)nc1CCC(=O)c1ccc(C[C@@H](C(=O)O)n2cccc2)cc1. The van der Waals surface area contributed by atoms with Crippen LogP contribution in [0.3, 0.4) is 0 Å². The second kappa shape index (κ2) is 9.47. The van der Waals surface area contributed by atoms with Crippen LogP contribution in [0.25, 0.3) is 11.5 Å². The van der Waals surface area contributed by atoms with Gasteiger partial charge in [-0.1, -0.05) is 42.5 Å². The molecule has 2 aromatic heterocycles. The highest BCUT2D eigenvalue weighted by Gasteiger charge is 2.19. The van der Waals surface area contributed by atoms with Gasteiger partial charge >= 0.3 is 5.97 Å². The summed E-state index contributed by atoms with van der Waals surface area (Å²) in [6, 6.07) is 19.8. The highest BCUT2D eigenvalue weighted by Crippen LogP contribution is 2.23. The molecule has 0 unspecified atom stereocenters. The van der Waals surface area contributed by atoms with Gasteiger partial charge in [-0.3, -0.25) is 4.79 Å². The van der Waals surface area contributed by atoms with Crippen molar-refractivity contribution in [3.05, 3.63) is 102 Å². The van der Waals surface area contributed by atoms with Crippen LogP contribution in [-0.4, -0.2) is 26.4 Å². The Morgan fingerprint density at radius 2 is 1.69 bits per heavy atom. The molecule has 0 aliphatic heterocycles. The molecule has 6 nitrogen and oxygen atoms in total. The fourth-order valence-corrected chi connectivity index (χ4v) is 3.67. The van der Waals surface area contributed by atoms with Crippen molar-refractivity contribution in [2.45, 2.75) is 32.2 Å². The van der Waals surface area contributed by atoms with E-state index < -0.39 is 12.0 Å². The second-order valence-corrected chi connectivity index (χ2v) is 7.70. The predicted octanol–water partition coefficient (Wildman–Crippen LogP) is 5.14. The summed E-state index contributed by atoms with van der Waals surface area (Å²) in [6.07, 6.45) is 4.65. The van der Waals surface area contributed by atoms with Crippen LogP contribution in [0.15, 0.2) is 83.5 Å². The van der Waals surface area contributed by atoms with Crippen molar-refractivity contribution in [1.29, 1.82) is 0 Å². The zero-order valence-electron chi connectivity index (χ0n) is 17.8. The molecule has 0 aliphatic carbocycles. The number of carbonyl (C=O) groups excluding carboxylic acids is 1. The molecule has 1 N–H and O–H groups in total. The Kier molecular flexibility index (Phi) is 6.31. The van der Waals surface area contributed by atoms with Crippen LogP contribution in [0, 0.1) is 6.92 Å². The Labute approximate surface area is 186 Å². The number of carboxylic acids is 1. The monoisotopic (exact) mass is 428 g/mol. The molecular weight excluding hydrogens is 404 g/mol. The van der Waals surface area contributed by atoms with Crippen molar-refractivity contribution in [2.24, 2.45) is 0 Å². The molecule has 0 saturated carbocycles. The van der Waals surface area contributed by atoms with Gasteiger partial charge in [0.2, 0.25) is 5.89 Å². The maximum atomic E-state index is 12.7. The van der Waals surface area contributed by atoms with E-state index in [4.69, 9.17) is 4.42 Å². The molecule has 0 amide bonds. The number of oxazole rings is 1. The maximum absolute atomic E-state index is 12.7. The summed E-state index contributed by atoms with van der Waals surface area (Å²) in [7, 11) is 0. The third-order valence-electron chi connectivity index (χ3n) is 5.48. The van der Waals surface area contributed by atoms with E-state index in [-0.39, 0.29) is 5.78 Å². The van der Waals surface area contributed by atoms with Gasteiger partial charge in [-0.25, -0.2) is 9.78 Å². The Morgan fingerprint density at radius 1 is 1.00 bits per heavy atom. The second-order valence-electron chi connectivity index (χ2n) is 7.70. The van der Waals surface area contributed by atoms with Gasteiger partial charge in [0.25, 0.3) is 0 Å². The van der Waals surface area contributed by atoms with Crippen molar-refractivity contribution >= 4 is 11.8 Å². The Morgan fingerprint density at radius 3 is 2.34 bits per heavy atom. The molecule has 32 heavy (non-hydrogen) atoms. The number of Topliss-reactive ketones (excluding diaryl/α,β-unsaturated/α-hetero) is 1. The van der Waals surface area contributed by atoms with Gasteiger partial charge in [-0.05, 0) is 36.8 Å². The molecule has 0 bridgehead atoms. The number of aromatic nitrogens is 2. The van der Waals surface area contributed by atoms with Crippen LogP contribution in [0.1, 0.15) is 39.8 Å². The van der Waals surface area contributed by atoms with E-state index in [0.717, 1.165) is 22.6 Å². The molecule has 162 valence electrons. The summed E-state index contributed by atoms with van der Waals surface area (Å²) in [5.41, 5.74) is 3.15. The summed E-state index contributed by atoms with van der Waals surface area (Å²) in [4.78, 5) is 28.9. The lowest BCUT2D eigenvalue weighted by atomic mass is 10.0. The Hall–Kier alpha value is -3.93. The summed E-state index contributed by atoms with van der Waals surface area (Å²) >= 11 is 0. The quantitative estimate of drug-likeness (QED) is 0.373. The fraction of sp³-hybridized carbons (Fsp3) is 0.192. The van der Waals surface area contributed by atoms with Gasteiger partial charge in [-0.15, -0.1) is 0 Å². The van der Waals surface area contributed by atoms with Crippen LogP contribution < -0.4 is 0 Å². The largest absolute Gasteiger partial charge is 0.480 e. The standard InChI is InChI=1S/C26H24N2O4/c1-18-22(27-25(32-18)21-7-3-2-4-8-21)13-14-24(29)20-11-9-19(10-12-20)17-23(26(30)31)28-15-5-6-16-28/h2-12,15-16,23H,13-14,17H2,1H3,(H,30,31)/t23-/m0/s1. The Bertz CT molecular complexity index is 1190. The van der Waals surface area contributed by atoms with Gasteiger partial charge in [0.1, 0.15) is 11.8 Å². The van der Waals surface area contributed by atoms with E-state index >= 15 is 0 Å². The number of hydrogen-bond acceptors (Lipinski definition) is 4. The van der Waals surface area contributed by atoms with E-state index in [1.165, 1.54) is 0 Å². The number of carbonyl (C=O) groups is 2. The number of aliphatic carboxylic acids is 1. The molecule has 0 aliphatic rings. The molecule has 2 heterocycles. The number of ketones is 1. The fourth-order valence-electron chi connectivity index (χ4n) is 3.67. The normalized spacial score (nSPS) is 11.9. The average molecular weight is 428 g/mol. The van der Waals surface area contributed by atoms with Gasteiger partial charge in [0.05, 0.1) is 5.69 Å². The van der Waals surface area contributed by atoms with Gasteiger partial charge in [0, 0.05) is 42.8 Å². The lowest BCUT2D eigenvalue weighted by molar-refractivity contribution is -0.140. The zero-order valence-corrected chi connectivity index (χ0v) is 17.8. The first-order valence-corrected chi connectivity index (χ1v) is 10.5. The van der Waals surface area contributed by atoms with Crippen molar-refractivity contribution in [3.8, 4) is 11.5 Å². The third-order valence-corrected chi connectivity index (χ3v) is 5.48. The minimum absolute atomic E-state index is 0.0143. The van der Waals surface area contributed by atoms with Crippen LogP contribution >= 0.6 is 0 Å². The van der Waals surface area contributed by atoms with E-state index in [2.05, 4.69) is 4.98 Å². The number of carboxylic acid groups (broad SMARTS) is 1. The van der Waals surface area contributed by atoms with Gasteiger partial charge < -0.3 is 14.1 Å². The first kappa shape index (κ1) is 21.3. The van der Waals surface area contributed by atoms with E-state index in [9.17, 15) is 14.7 Å². The van der Waals surface area contributed by atoms with Crippen molar-refractivity contribution in [1.82, 2.24) is 9.55 Å². The van der Waals surface area contributed by atoms with E-state index in [0.29, 0.717) is 30.7 Å². The molecule has 0 radical (unpaired) electrons. The third kappa shape index (κ3) is 4.86. The molecule has 0 spiro atoms. The number of nitrogens with zero attached hydrogens (tertiary/aromatic N) is 2. The van der Waals surface area contributed by atoms with E-state index in [1.54, 1.807) is 41.2 Å². The molecule has 2 aromatic carbocycles. The average Bonchev–Trinajstić information content (AvgIpc) is 3.46. The predicted molar refractivity (Wildman–Crippen MR) is 121 cm³/mol. The number of rotatable bonds is 9. The first-order chi connectivity index (χ1) is 15.5. The van der Waals surface area contributed by atoms with Crippen LogP contribution in [0.5, 0.6) is 0 Å². The van der Waals surface area contributed by atoms with E-state index in [1.807, 2.05) is 49.4 Å². The van der Waals surface area contributed by atoms with Crippen molar-refractivity contribution < 1.29 is 19.1 Å². The highest BCUT2D eigenvalue weighted by atomic mass is 16.4. The molecule has 0 fully saturated rings. The molecular formula is C26H24N2O4. The summed E-state index contributed by atoms with van der Waals surface area (Å²) in [5.74, 6) is 0.405.